The second-order valence-corrected chi connectivity index (χ2v) is 7.53. The monoisotopic (exact) mass is 402 g/mol. The molecule has 1 aliphatic heterocycles. The molecule has 29 heavy (non-hydrogen) atoms. The molecular weight excluding hydrogens is 376 g/mol. The number of carbonyl (C=O) groups is 4. The molecule has 6 unspecified atom stereocenters. The smallest absolute Gasteiger partial charge is 0.334 e. The molecule has 2 rings (SSSR count). The van der Waals surface area contributed by atoms with Gasteiger partial charge in [-0.25, -0.2) is 9.59 Å². The van der Waals surface area contributed by atoms with Crippen molar-refractivity contribution in [2.24, 2.45) is 17.3 Å². The van der Waals surface area contributed by atoms with Crippen LogP contribution in [0.3, 0.4) is 0 Å². The number of fused-ring (bicyclic) bond motifs is 1. The molecule has 0 bridgehead atoms. The average Bonchev–Trinajstić information content (AvgIpc) is 2.97. The Bertz CT molecular complexity index is 821. The molecule has 1 saturated carbocycles. The Kier molecular flexibility index (Phi) is 6.30. The molecule has 0 aromatic heterocycles. The van der Waals surface area contributed by atoms with Gasteiger partial charge < -0.3 is 14.2 Å². The van der Waals surface area contributed by atoms with Crippen molar-refractivity contribution < 1.29 is 33.4 Å². The molecule has 1 aliphatic carbocycles. The zero-order valence-corrected chi connectivity index (χ0v) is 17.1. The summed E-state index contributed by atoms with van der Waals surface area (Å²) in [5.41, 5.74) is -0.552. The maximum atomic E-state index is 12.6. The van der Waals surface area contributed by atoms with Crippen molar-refractivity contribution in [1.29, 1.82) is 0 Å². The van der Waals surface area contributed by atoms with Crippen molar-refractivity contribution in [3.63, 3.8) is 0 Å². The topological polar surface area (TPSA) is 96.0 Å². The van der Waals surface area contributed by atoms with E-state index in [2.05, 4.69) is 19.7 Å². The van der Waals surface area contributed by atoms with Gasteiger partial charge in [-0.15, -0.1) is 6.58 Å². The molecule has 0 aromatic carbocycles. The quantitative estimate of drug-likeness (QED) is 0.221. The van der Waals surface area contributed by atoms with Crippen LogP contribution in [0.25, 0.3) is 0 Å². The fourth-order valence-electron chi connectivity index (χ4n) is 4.11. The van der Waals surface area contributed by atoms with Gasteiger partial charge in [0.25, 0.3) is 0 Å². The van der Waals surface area contributed by atoms with E-state index in [1.165, 1.54) is 13.0 Å². The molecular formula is C22H26O7. The Morgan fingerprint density at radius 1 is 1.24 bits per heavy atom. The first kappa shape index (κ1) is 22.3. The van der Waals surface area contributed by atoms with Gasteiger partial charge in [-0.3, -0.25) is 9.59 Å². The van der Waals surface area contributed by atoms with Crippen molar-refractivity contribution in [2.45, 2.75) is 46.0 Å². The molecule has 2 fully saturated rings. The second kappa shape index (κ2) is 8.19. The molecule has 7 heteroatoms. The van der Waals surface area contributed by atoms with Crippen LogP contribution >= 0.6 is 0 Å². The minimum Gasteiger partial charge on any atom is -0.458 e. The van der Waals surface area contributed by atoms with Gasteiger partial charge >= 0.3 is 17.9 Å². The molecule has 1 saturated heterocycles. The summed E-state index contributed by atoms with van der Waals surface area (Å²) in [7, 11) is 0. The zero-order chi connectivity index (χ0) is 22.1. The van der Waals surface area contributed by atoms with Crippen LogP contribution in [0.15, 0.2) is 48.6 Å². The summed E-state index contributed by atoms with van der Waals surface area (Å²) < 4.78 is 16.7. The van der Waals surface area contributed by atoms with E-state index in [-0.39, 0.29) is 11.1 Å². The SMILES string of the molecule is C=CC1(C)C(OC(C)=O)C2OC(=O)C(=C)C2C(OC(=O)C(C)=CC)C1C(=C)C=O. The average molecular weight is 402 g/mol. The van der Waals surface area contributed by atoms with E-state index in [1.54, 1.807) is 26.8 Å². The second-order valence-electron chi connectivity index (χ2n) is 7.53. The molecule has 0 aromatic rings. The fourth-order valence-corrected chi connectivity index (χ4v) is 4.11. The highest BCUT2D eigenvalue weighted by atomic mass is 16.6. The Morgan fingerprint density at radius 3 is 2.34 bits per heavy atom. The summed E-state index contributed by atoms with van der Waals surface area (Å²) in [6.07, 6.45) is 0.752. The molecule has 1 heterocycles. The largest absolute Gasteiger partial charge is 0.458 e. The van der Waals surface area contributed by atoms with Crippen LogP contribution < -0.4 is 0 Å². The summed E-state index contributed by atoms with van der Waals surface area (Å²) in [5, 5.41) is 0. The lowest BCUT2D eigenvalue weighted by molar-refractivity contribution is -0.198. The van der Waals surface area contributed by atoms with Crippen LogP contribution in [-0.2, 0) is 33.4 Å². The first-order valence-corrected chi connectivity index (χ1v) is 9.21. The minimum atomic E-state index is -1.11. The summed E-state index contributed by atoms with van der Waals surface area (Å²) in [6, 6.07) is 0. The third kappa shape index (κ3) is 3.69. The molecule has 0 radical (unpaired) electrons. The van der Waals surface area contributed by atoms with Crippen molar-refractivity contribution >= 4 is 24.2 Å². The maximum absolute atomic E-state index is 12.6. The van der Waals surface area contributed by atoms with Gasteiger partial charge in [-0.1, -0.05) is 32.2 Å². The van der Waals surface area contributed by atoms with Crippen LogP contribution in [0, 0.1) is 17.3 Å². The molecule has 0 amide bonds. The number of ether oxygens (including phenoxy) is 3. The van der Waals surface area contributed by atoms with Crippen LogP contribution in [0.2, 0.25) is 0 Å². The van der Waals surface area contributed by atoms with E-state index < -0.39 is 53.5 Å². The van der Waals surface area contributed by atoms with E-state index in [1.807, 2.05) is 0 Å². The summed E-state index contributed by atoms with van der Waals surface area (Å²) in [6.45, 7) is 17.6. The molecule has 0 spiro atoms. The fraction of sp³-hybridized carbons (Fsp3) is 0.455. The maximum Gasteiger partial charge on any atom is 0.334 e. The van der Waals surface area contributed by atoms with Gasteiger partial charge in [0.05, 0.1) is 5.92 Å². The third-order valence-electron chi connectivity index (χ3n) is 5.81. The molecule has 6 atom stereocenters. The molecule has 0 N–H and O–H groups in total. The van der Waals surface area contributed by atoms with Gasteiger partial charge in [-0.05, 0) is 19.4 Å². The van der Waals surface area contributed by atoms with E-state index >= 15 is 0 Å². The first-order valence-electron chi connectivity index (χ1n) is 9.21. The van der Waals surface area contributed by atoms with Gasteiger partial charge in [0.15, 0.2) is 6.10 Å². The molecule has 2 aliphatic rings. The Hall–Kier alpha value is -2.96. The van der Waals surface area contributed by atoms with Crippen LogP contribution in [0.1, 0.15) is 27.7 Å². The summed E-state index contributed by atoms with van der Waals surface area (Å²) in [5.74, 6) is -3.50. The Labute approximate surface area is 170 Å². The van der Waals surface area contributed by atoms with Gasteiger partial charge in [0.1, 0.15) is 18.5 Å². The number of esters is 3. The highest BCUT2D eigenvalue weighted by molar-refractivity contribution is 5.92. The Morgan fingerprint density at radius 2 is 1.86 bits per heavy atom. The van der Waals surface area contributed by atoms with Gasteiger partial charge in [0.2, 0.25) is 0 Å². The third-order valence-corrected chi connectivity index (χ3v) is 5.81. The Balaban J connectivity index is 2.69. The number of hydrogen-bond acceptors (Lipinski definition) is 7. The molecule has 7 nitrogen and oxygen atoms in total. The van der Waals surface area contributed by atoms with E-state index in [0.717, 1.165) is 0 Å². The highest BCUT2D eigenvalue weighted by Crippen LogP contribution is 2.54. The van der Waals surface area contributed by atoms with E-state index in [4.69, 9.17) is 14.2 Å². The zero-order valence-electron chi connectivity index (χ0n) is 17.1. The number of rotatable bonds is 6. The first-order chi connectivity index (χ1) is 13.5. The molecule has 156 valence electrons. The van der Waals surface area contributed by atoms with Gasteiger partial charge in [-0.2, -0.15) is 0 Å². The van der Waals surface area contributed by atoms with Crippen molar-refractivity contribution in [2.75, 3.05) is 0 Å². The van der Waals surface area contributed by atoms with Crippen LogP contribution in [0.5, 0.6) is 0 Å². The number of carbonyl (C=O) groups excluding carboxylic acids is 4. The summed E-state index contributed by atoms with van der Waals surface area (Å²) >= 11 is 0. The lowest BCUT2D eigenvalue weighted by atomic mass is 9.57. The van der Waals surface area contributed by atoms with Crippen molar-refractivity contribution in [3.05, 3.63) is 48.6 Å². The van der Waals surface area contributed by atoms with Crippen molar-refractivity contribution in [1.82, 2.24) is 0 Å². The number of aldehydes is 1. The van der Waals surface area contributed by atoms with Crippen LogP contribution in [-0.4, -0.2) is 42.5 Å². The van der Waals surface area contributed by atoms with Crippen molar-refractivity contribution in [3.8, 4) is 0 Å². The van der Waals surface area contributed by atoms with Gasteiger partial charge in [0, 0.05) is 29.4 Å². The lowest BCUT2D eigenvalue weighted by Gasteiger charge is -2.52. The number of hydrogen-bond donors (Lipinski definition) is 0. The lowest BCUT2D eigenvalue weighted by Crippen LogP contribution is -2.61. The predicted molar refractivity (Wildman–Crippen MR) is 104 cm³/mol. The predicted octanol–water partition coefficient (Wildman–Crippen LogP) is 2.47. The standard InChI is InChI=1S/C22H26O7/c1-8-11(3)20(25)28-17-15-13(5)21(26)29-18(15)19(27-14(6)24)22(7,9-2)16(17)12(4)10-23/h8-10,15-19H,2,4-5H2,1,3,6-7H3. The normalized spacial score (nSPS) is 33.9. The highest BCUT2D eigenvalue weighted by Gasteiger charge is 2.64. The minimum absolute atomic E-state index is 0.0814. The van der Waals surface area contributed by atoms with E-state index in [9.17, 15) is 19.2 Å². The summed E-state index contributed by atoms with van der Waals surface area (Å²) in [4.78, 5) is 48.3. The van der Waals surface area contributed by atoms with Crippen LogP contribution in [0.4, 0.5) is 0 Å². The number of allylic oxidation sites excluding steroid dienone is 1. The van der Waals surface area contributed by atoms with E-state index in [0.29, 0.717) is 11.9 Å².